The van der Waals surface area contributed by atoms with Crippen LogP contribution in [0.4, 0.5) is 10.2 Å². The molecule has 0 bridgehead atoms. The zero-order valence-electron chi connectivity index (χ0n) is 11.7. The number of benzene rings is 1. The lowest BCUT2D eigenvalue weighted by Crippen LogP contribution is -2.05. The number of carbonyl (C=O) groups is 1. The molecule has 0 aliphatic carbocycles. The molecule has 5 heteroatoms. The molecule has 0 spiro atoms. The van der Waals surface area contributed by atoms with Crippen LogP contribution in [0.3, 0.4) is 0 Å². The highest BCUT2D eigenvalue weighted by molar-refractivity contribution is 5.91. The molecule has 2 N–H and O–H groups in total. The topological polar surface area (TPSA) is 60.9 Å². The summed E-state index contributed by atoms with van der Waals surface area (Å²) in [6.45, 7) is 4.42. The van der Waals surface area contributed by atoms with E-state index in [1.165, 1.54) is 6.07 Å². The standard InChI is InChI=1S/C15H18FN3O/c1-3-4-7-19-15(17)12(9-20)14(18-19)11-5-6-13(16)10(2)8-11/h5-6,8-9H,3-4,7,17H2,1-2H3. The van der Waals surface area contributed by atoms with E-state index in [2.05, 4.69) is 12.0 Å². The SMILES string of the molecule is CCCCn1nc(-c2ccc(F)c(C)c2)c(C=O)c1N. The fourth-order valence-corrected chi connectivity index (χ4v) is 2.09. The molecule has 0 aliphatic rings. The number of nitrogens with zero attached hydrogens (tertiary/aromatic N) is 2. The lowest BCUT2D eigenvalue weighted by Gasteiger charge is -2.02. The Kier molecular flexibility index (Phi) is 4.17. The second-order valence-electron chi connectivity index (χ2n) is 4.81. The van der Waals surface area contributed by atoms with Gasteiger partial charge in [-0.2, -0.15) is 5.10 Å². The number of unbranched alkanes of at least 4 members (excludes halogenated alkanes) is 1. The van der Waals surface area contributed by atoms with Crippen molar-refractivity contribution in [2.75, 3.05) is 5.73 Å². The first-order chi connectivity index (χ1) is 9.58. The van der Waals surface area contributed by atoms with Crippen LogP contribution in [0.25, 0.3) is 11.3 Å². The molecule has 0 saturated carbocycles. The average molecular weight is 275 g/mol. The average Bonchev–Trinajstić information content (AvgIpc) is 2.76. The van der Waals surface area contributed by atoms with Gasteiger partial charge in [-0.1, -0.05) is 13.3 Å². The molecule has 1 heterocycles. The van der Waals surface area contributed by atoms with Gasteiger partial charge in [-0.25, -0.2) is 9.07 Å². The van der Waals surface area contributed by atoms with Gasteiger partial charge in [0.05, 0.1) is 5.56 Å². The van der Waals surface area contributed by atoms with Crippen molar-refractivity contribution < 1.29 is 9.18 Å². The van der Waals surface area contributed by atoms with E-state index >= 15 is 0 Å². The van der Waals surface area contributed by atoms with Crippen molar-refractivity contribution in [3.05, 3.63) is 35.1 Å². The molecular formula is C15H18FN3O. The zero-order chi connectivity index (χ0) is 14.7. The van der Waals surface area contributed by atoms with Gasteiger partial charge < -0.3 is 5.73 Å². The van der Waals surface area contributed by atoms with Gasteiger partial charge in [0.25, 0.3) is 0 Å². The van der Waals surface area contributed by atoms with Gasteiger partial charge in [0, 0.05) is 12.1 Å². The predicted octanol–water partition coefficient (Wildman–Crippen LogP) is 3.19. The van der Waals surface area contributed by atoms with Crippen LogP contribution in [0.2, 0.25) is 0 Å². The number of aromatic nitrogens is 2. The van der Waals surface area contributed by atoms with Gasteiger partial charge in [0.1, 0.15) is 17.3 Å². The maximum absolute atomic E-state index is 13.3. The number of rotatable bonds is 5. The molecule has 1 aromatic carbocycles. The molecule has 106 valence electrons. The summed E-state index contributed by atoms with van der Waals surface area (Å²) in [6, 6.07) is 4.66. The zero-order valence-corrected chi connectivity index (χ0v) is 11.7. The van der Waals surface area contributed by atoms with E-state index < -0.39 is 0 Å². The highest BCUT2D eigenvalue weighted by Crippen LogP contribution is 2.27. The van der Waals surface area contributed by atoms with E-state index in [0.29, 0.717) is 41.0 Å². The number of hydrogen-bond donors (Lipinski definition) is 1. The summed E-state index contributed by atoms with van der Waals surface area (Å²) in [7, 11) is 0. The number of carbonyl (C=O) groups excluding carboxylic acids is 1. The minimum absolute atomic E-state index is 0.278. The van der Waals surface area contributed by atoms with E-state index in [-0.39, 0.29) is 5.82 Å². The van der Waals surface area contributed by atoms with Crippen LogP contribution in [0.1, 0.15) is 35.7 Å². The van der Waals surface area contributed by atoms with Gasteiger partial charge in [-0.05, 0) is 37.1 Å². The lowest BCUT2D eigenvalue weighted by atomic mass is 10.1. The quantitative estimate of drug-likeness (QED) is 0.852. The van der Waals surface area contributed by atoms with Crippen LogP contribution >= 0.6 is 0 Å². The molecule has 2 rings (SSSR count). The molecule has 0 amide bonds. The molecule has 0 aliphatic heterocycles. The van der Waals surface area contributed by atoms with Gasteiger partial charge >= 0.3 is 0 Å². The van der Waals surface area contributed by atoms with Crippen molar-refractivity contribution in [3.8, 4) is 11.3 Å². The number of anilines is 1. The number of halogens is 1. The lowest BCUT2D eigenvalue weighted by molar-refractivity contribution is 0.112. The van der Waals surface area contributed by atoms with Crippen molar-refractivity contribution >= 4 is 12.1 Å². The first-order valence-corrected chi connectivity index (χ1v) is 6.66. The number of nitrogen functional groups attached to an aromatic ring is 1. The van der Waals surface area contributed by atoms with Crippen molar-refractivity contribution in [1.29, 1.82) is 0 Å². The Morgan fingerprint density at radius 1 is 1.45 bits per heavy atom. The third-order valence-electron chi connectivity index (χ3n) is 3.30. The van der Waals surface area contributed by atoms with Crippen LogP contribution in [0.15, 0.2) is 18.2 Å². The fourth-order valence-electron chi connectivity index (χ4n) is 2.09. The normalized spacial score (nSPS) is 10.8. The molecule has 1 aromatic heterocycles. The Balaban J connectivity index is 2.49. The van der Waals surface area contributed by atoms with Crippen LogP contribution in [-0.4, -0.2) is 16.1 Å². The van der Waals surface area contributed by atoms with Crippen LogP contribution in [0, 0.1) is 12.7 Å². The fraction of sp³-hybridized carbons (Fsp3) is 0.333. The molecule has 4 nitrogen and oxygen atoms in total. The first kappa shape index (κ1) is 14.2. The number of hydrogen-bond acceptors (Lipinski definition) is 3. The molecule has 0 saturated heterocycles. The summed E-state index contributed by atoms with van der Waals surface area (Å²) in [5, 5.41) is 4.40. The third kappa shape index (κ3) is 2.57. The van der Waals surface area contributed by atoms with E-state index in [9.17, 15) is 9.18 Å². The molecule has 0 unspecified atom stereocenters. The largest absolute Gasteiger partial charge is 0.383 e. The Bertz CT molecular complexity index is 634. The van der Waals surface area contributed by atoms with Gasteiger partial charge in [-0.3, -0.25) is 4.79 Å². The molecule has 0 radical (unpaired) electrons. The Morgan fingerprint density at radius 2 is 2.20 bits per heavy atom. The smallest absolute Gasteiger partial charge is 0.156 e. The highest BCUT2D eigenvalue weighted by Gasteiger charge is 2.16. The number of aldehydes is 1. The summed E-state index contributed by atoms with van der Waals surface area (Å²) in [4.78, 5) is 11.3. The second kappa shape index (κ2) is 5.86. The van der Waals surface area contributed by atoms with Gasteiger partial charge in [0.2, 0.25) is 0 Å². The first-order valence-electron chi connectivity index (χ1n) is 6.66. The maximum Gasteiger partial charge on any atom is 0.156 e. The van der Waals surface area contributed by atoms with E-state index in [4.69, 9.17) is 5.73 Å². The maximum atomic E-state index is 13.3. The summed E-state index contributed by atoms with van der Waals surface area (Å²) in [5.41, 5.74) is 8.05. The van der Waals surface area contributed by atoms with Crippen LogP contribution in [0.5, 0.6) is 0 Å². The summed E-state index contributed by atoms with van der Waals surface area (Å²) in [6.07, 6.45) is 2.66. The summed E-state index contributed by atoms with van der Waals surface area (Å²) < 4.78 is 15.0. The van der Waals surface area contributed by atoms with E-state index in [0.717, 1.165) is 12.8 Å². The van der Waals surface area contributed by atoms with Crippen molar-refractivity contribution in [2.24, 2.45) is 0 Å². The van der Waals surface area contributed by atoms with Crippen LogP contribution in [-0.2, 0) is 6.54 Å². The monoisotopic (exact) mass is 275 g/mol. The highest BCUT2D eigenvalue weighted by atomic mass is 19.1. The van der Waals surface area contributed by atoms with Gasteiger partial charge in [0.15, 0.2) is 6.29 Å². The Labute approximate surface area is 117 Å². The number of aryl methyl sites for hydroxylation is 2. The Morgan fingerprint density at radius 3 is 2.80 bits per heavy atom. The van der Waals surface area contributed by atoms with Crippen molar-refractivity contribution in [3.63, 3.8) is 0 Å². The molecule has 0 fully saturated rings. The van der Waals surface area contributed by atoms with Gasteiger partial charge in [-0.15, -0.1) is 0 Å². The van der Waals surface area contributed by atoms with Crippen molar-refractivity contribution in [2.45, 2.75) is 33.2 Å². The molecule has 20 heavy (non-hydrogen) atoms. The second-order valence-corrected chi connectivity index (χ2v) is 4.81. The van der Waals surface area contributed by atoms with E-state index in [1.807, 2.05) is 0 Å². The molecule has 0 atom stereocenters. The molecule has 2 aromatic rings. The van der Waals surface area contributed by atoms with E-state index in [1.54, 1.807) is 23.7 Å². The summed E-state index contributed by atoms with van der Waals surface area (Å²) in [5.74, 6) is 0.0882. The Hall–Kier alpha value is -2.17. The third-order valence-corrected chi connectivity index (χ3v) is 3.30. The number of nitrogens with two attached hydrogens (primary N) is 1. The minimum Gasteiger partial charge on any atom is -0.383 e. The minimum atomic E-state index is -0.278. The van der Waals surface area contributed by atoms with Crippen molar-refractivity contribution in [1.82, 2.24) is 9.78 Å². The molecular weight excluding hydrogens is 257 g/mol. The van der Waals surface area contributed by atoms with Crippen LogP contribution < -0.4 is 5.73 Å². The summed E-state index contributed by atoms with van der Waals surface area (Å²) >= 11 is 0. The predicted molar refractivity (Wildman–Crippen MR) is 77.1 cm³/mol.